The molecule has 0 amide bonds. The number of benzene rings is 1. The summed E-state index contributed by atoms with van der Waals surface area (Å²) in [4.78, 5) is 11.2. The van der Waals surface area contributed by atoms with Crippen molar-refractivity contribution in [3.05, 3.63) is 27.2 Å². The van der Waals surface area contributed by atoms with Crippen LogP contribution in [0, 0.1) is 0 Å². The van der Waals surface area contributed by atoms with Crippen LogP contribution in [-0.2, 0) is 16.0 Å². The van der Waals surface area contributed by atoms with Crippen LogP contribution >= 0.6 is 27.5 Å². The summed E-state index contributed by atoms with van der Waals surface area (Å²) >= 11 is 9.21. The molecular weight excluding hydrogens is 281 g/mol. The number of esters is 1. The van der Waals surface area contributed by atoms with Crippen molar-refractivity contribution in [2.45, 2.75) is 13.3 Å². The highest BCUT2D eigenvalue weighted by molar-refractivity contribution is 9.10. The normalized spacial score (nSPS) is 10.1. The van der Waals surface area contributed by atoms with E-state index in [4.69, 9.17) is 22.1 Å². The zero-order valence-electron chi connectivity index (χ0n) is 8.22. The number of rotatable bonds is 3. The van der Waals surface area contributed by atoms with Gasteiger partial charge in [-0.2, -0.15) is 0 Å². The molecule has 0 unspecified atom stereocenters. The molecule has 15 heavy (non-hydrogen) atoms. The van der Waals surface area contributed by atoms with Crippen molar-refractivity contribution >= 4 is 39.2 Å². The summed E-state index contributed by atoms with van der Waals surface area (Å²) in [6.07, 6.45) is 0.158. The predicted molar refractivity (Wildman–Crippen MR) is 63.9 cm³/mol. The van der Waals surface area contributed by atoms with E-state index in [2.05, 4.69) is 15.9 Å². The number of halogens is 2. The van der Waals surface area contributed by atoms with Gasteiger partial charge in [0.15, 0.2) is 0 Å². The lowest BCUT2D eigenvalue weighted by Crippen LogP contribution is -2.08. The summed E-state index contributed by atoms with van der Waals surface area (Å²) in [6, 6.07) is 3.34. The molecule has 0 aromatic heterocycles. The van der Waals surface area contributed by atoms with E-state index >= 15 is 0 Å². The summed E-state index contributed by atoms with van der Waals surface area (Å²) < 4.78 is 5.55. The lowest BCUT2D eigenvalue weighted by molar-refractivity contribution is -0.142. The van der Waals surface area contributed by atoms with Gasteiger partial charge in [0.25, 0.3) is 0 Å². The first-order valence-corrected chi connectivity index (χ1v) is 5.60. The van der Waals surface area contributed by atoms with Crippen LogP contribution in [0.1, 0.15) is 12.5 Å². The average molecular weight is 293 g/mol. The predicted octanol–water partition coefficient (Wildman–Crippen LogP) is 2.79. The number of nitrogen functional groups attached to an aromatic ring is 1. The lowest BCUT2D eigenvalue weighted by Gasteiger charge is -2.06. The summed E-state index contributed by atoms with van der Waals surface area (Å²) in [5.41, 5.74) is 6.89. The molecule has 5 heteroatoms. The van der Waals surface area contributed by atoms with Gasteiger partial charge in [-0.15, -0.1) is 0 Å². The number of hydrogen-bond donors (Lipinski definition) is 1. The molecule has 1 aromatic carbocycles. The highest BCUT2D eigenvalue weighted by Gasteiger charge is 2.10. The van der Waals surface area contributed by atoms with E-state index in [1.165, 1.54) is 0 Å². The maximum absolute atomic E-state index is 11.2. The molecule has 0 saturated heterocycles. The van der Waals surface area contributed by atoms with Crippen LogP contribution < -0.4 is 5.73 Å². The third-order valence-corrected chi connectivity index (χ3v) is 2.84. The lowest BCUT2D eigenvalue weighted by atomic mass is 10.1. The molecule has 0 heterocycles. The third-order valence-electron chi connectivity index (χ3n) is 1.81. The van der Waals surface area contributed by atoms with E-state index in [0.29, 0.717) is 22.9 Å². The first-order valence-electron chi connectivity index (χ1n) is 4.43. The molecule has 0 aliphatic rings. The van der Waals surface area contributed by atoms with Gasteiger partial charge in [-0.25, -0.2) is 0 Å². The van der Waals surface area contributed by atoms with Gasteiger partial charge in [0.05, 0.1) is 13.0 Å². The molecule has 0 aliphatic carbocycles. The molecule has 0 radical (unpaired) electrons. The number of nitrogens with two attached hydrogens (primary N) is 1. The molecule has 0 atom stereocenters. The van der Waals surface area contributed by atoms with Gasteiger partial charge in [-0.1, -0.05) is 11.6 Å². The fourth-order valence-electron chi connectivity index (χ4n) is 1.11. The maximum atomic E-state index is 11.2. The maximum Gasteiger partial charge on any atom is 0.310 e. The molecular formula is C10H11BrClNO2. The van der Waals surface area contributed by atoms with Crippen LogP contribution in [0.2, 0.25) is 5.02 Å². The van der Waals surface area contributed by atoms with Crippen molar-refractivity contribution in [1.29, 1.82) is 0 Å². The van der Waals surface area contributed by atoms with Crippen LogP contribution in [-0.4, -0.2) is 12.6 Å². The number of anilines is 1. The van der Waals surface area contributed by atoms with Gasteiger partial charge >= 0.3 is 5.97 Å². The Morgan fingerprint density at radius 3 is 2.87 bits per heavy atom. The Labute approximate surface area is 102 Å². The second-order valence-electron chi connectivity index (χ2n) is 2.95. The third kappa shape index (κ3) is 3.39. The van der Waals surface area contributed by atoms with Crippen molar-refractivity contribution in [3.63, 3.8) is 0 Å². The van der Waals surface area contributed by atoms with Crippen LogP contribution in [0.4, 0.5) is 5.69 Å². The van der Waals surface area contributed by atoms with E-state index in [-0.39, 0.29) is 12.4 Å². The topological polar surface area (TPSA) is 52.3 Å². The van der Waals surface area contributed by atoms with Gasteiger partial charge in [0.2, 0.25) is 0 Å². The molecule has 1 rings (SSSR count). The largest absolute Gasteiger partial charge is 0.466 e. The van der Waals surface area contributed by atoms with Crippen LogP contribution in [0.25, 0.3) is 0 Å². The van der Waals surface area contributed by atoms with E-state index in [9.17, 15) is 4.79 Å². The Kier molecular flexibility index (Phi) is 4.42. The van der Waals surface area contributed by atoms with Gasteiger partial charge in [-0.3, -0.25) is 4.79 Å². The quantitative estimate of drug-likeness (QED) is 0.688. The van der Waals surface area contributed by atoms with Crippen LogP contribution in [0.15, 0.2) is 16.6 Å². The molecule has 82 valence electrons. The Hall–Kier alpha value is -0.740. The van der Waals surface area contributed by atoms with E-state index < -0.39 is 0 Å². The Morgan fingerprint density at radius 2 is 2.27 bits per heavy atom. The molecule has 0 spiro atoms. The van der Waals surface area contributed by atoms with E-state index in [1.807, 2.05) is 0 Å². The van der Waals surface area contributed by atoms with E-state index in [0.717, 1.165) is 4.47 Å². The van der Waals surface area contributed by atoms with Crippen LogP contribution in [0.3, 0.4) is 0 Å². The zero-order valence-corrected chi connectivity index (χ0v) is 10.6. The summed E-state index contributed by atoms with van der Waals surface area (Å²) in [6.45, 7) is 2.13. The fourth-order valence-corrected chi connectivity index (χ4v) is 1.74. The summed E-state index contributed by atoms with van der Waals surface area (Å²) in [5, 5.41) is 0.476. The standard InChI is InChI=1S/C10H11BrClNO2/c1-2-15-10(14)4-6-3-7(11)9(13)5-8(6)12/h3,5H,2,4,13H2,1H3. The minimum Gasteiger partial charge on any atom is -0.466 e. The second kappa shape index (κ2) is 5.37. The Bertz CT molecular complexity index is 382. The van der Waals surface area contributed by atoms with E-state index in [1.54, 1.807) is 19.1 Å². The Balaban J connectivity index is 2.86. The number of carbonyl (C=O) groups excluding carboxylic acids is 1. The zero-order chi connectivity index (χ0) is 11.4. The smallest absolute Gasteiger partial charge is 0.310 e. The SMILES string of the molecule is CCOC(=O)Cc1cc(Br)c(N)cc1Cl. The molecule has 0 saturated carbocycles. The van der Waals surface area contributed by atoms with Gasteiger partial charge < -0.3 is 10.5 Å². The summed E-state index contributed by atoms with van der Waals surface area (Å²) in [5.74, 6) is -0.295. The van der Waals surface area contributed by atoms with Crippen molar-refractivity contribution in [2.75, 3.05) is 12.3 Å². The monoisotopic (exact) mass is 291 g/mol. The van der Waals surface area contributed by atoms with Crippen molar-refractivity contribution in [3.8, 4) is 0 Å². The van der Waals surface area contributed by atoms with Gasteiger partial charge in [0, 0.05) is 15.2 Å². The minimum absolute atomic E-state index is 0.158. The average Bonchev–Trinajstić information content (AvgIpc) is 2.14. The highest BCUT2D eigenvalue weighted by Crippen LogP contribution is 2.27. The molecule has 0 fully saturated rings. The van der Waals surface area contributed by atoms with Crippen molar-refractivity contribution in [2.24, 2.45) is 0 Å². The Morgan fingerprint density at radius 1 is 1.60 bits per heavy atom. The van der Waals surface area contributed by atoms with Gasteiger partial charge in [-0.05, 0) is 40.5 Å². The minimum atomic E-state index is -0.295. The van der Waals surface area contributed by atoms with Crippen LogP contribution in [0.5, 0.6) is 0 Å². The van der Waals surface area contributed by atoms with Crippen molar-refractivity contribution in [1.82, 2.24) is 0 Å². The number of hydrogen-bond acceptors (Lipinski definition) is 3. The molecule has 0 aliphatic heterocycles. The number of carbonyl (C=O) groups is 1. The second-order valence-corrected chi connectivity index (χ2v) is 4.21. The first kappa shape index (κ1) is 12.3. The molecule has 3 nitrogen and oxygen atoms in total. The fraction of sp³-hybridized carbons (Fsp3) is 0.300. The molecule has 0 bridgehead atoms. The van der Waals surface area contributed by atoms with Crippen molar-refractivity contribution < 1.29 is 9.53 Å². The highest BCUT2D eigenvalue weighted by atomic mass is 79.9. The first-order chi connectivity index (χ1) is 7.04. The number of ether oxygens (including phenoxy) is 1. The summed E-state index contributed by atoms with van der Waals surface area (Å²) in [7, 11) is 0. The molecule has 1 aromatic rings. The molecule has 2 N–H and O–H groups in total. The van der Waals surface area contributed by atoms with Gasteiger partial charge in [0.1, 0.15) is 0 Å².